The number of carbonyl (C=O) groups excluding carboxylic acids is 2. The predicted octanol–water partition coefficient (Wildman–Crippen LogP) is 6.76. The second-order valence-electron chi connectivity index (χ2n) is 10.6. The van der Waals surface area contributed by atoms with Crippen molar-refractivity contribution in [1.82, 2.24) is 14.4 Å². The molecule has 1 aliphatic rings. The van der Waals surface area contributed by atoms with Gasteiger partial charge in [0.05, 0.1) is 41.2 Å². The fourth-order valence-corrected chi connectivity index (χ4v) is 6.59. The van der Waals surface area contributed by atoms with Crippen molar-refractivity contribution >= 4 is 49.8 Å². The van der Waals surface area contributed by atoms with E-state index in [1.54, 1.807) is 42.8 Å². The highest BCUT2D eigenvalue weighted by molar-refractivity contribution is 7.22. The van der Waals surface area contributed by atoms with E-state index in [1.165, 1.54) is 16.2 Å². The van der Waals surface area contributed by atoms with Gasteiger partial charge >= 0.3 is 5.91 Å². The summed E-state index contributed by atoms with van der Waals surface area (Å²) in [6.07, 6.45) is 4.81. The molecule has 0 bridgehead atoms. The number of thiazole rings is 1. The van der Waals surface area contributed by atoms with Crippen molar-refractivity contribution in [2.24, 2.45) is 0 Å². The number of imidazole rings is 1. The van der Waals surface area contributed by atoms with Crippen LogP contribution in [0.3, 0.4) is 0 Å². The second kappa shape index (κ2) is 11.5. The van der Waals surface area contributed by atoms with Gasteiger partial charge in [-0.25, -0.2) is 9.97 Å². The first-order chi connectivity index (χ1) is 20.8. The number of carbonyl (C=O) groups is 2. The first-order valence-corrected chi connectivity index (χ1v) is 15.1. The van der Waals surface area contributed by atoms with Crippen LogP contribution in [-0.2, 0) is 9.59 Å². The molecule has 3 aromatic heterocycles. The van der Waals surface area contributed by atoms with Crippen molar-refractivity contribution in [2.75, 3.05) is 18.6 Å². The van der Waals surface area contributed by atoms with Crippen LogP contribution in [-0.4, -0.2) is 44.9 Å². The summed E-state index contributed by atoms with van der Waals surface area (Å²) in [4.78, 5) is 38.3. The summed E-state index contributed by atoms with van der Waals surface area (Å²) < 4.78 is 14.3. The lowest BCUT2D eigenvalue weighted by Crippen LogP contribution is -2.29. The van der Waals surface area contributed by atoms with E-state index < -0.39 is 17.7 Å². The number of benzene rings is 2. The highest BCUT2D eigenvalue weighted by Crippen LogP contribution is 2.46. The third-order valence-electron chi connectivity index (χ3n) is 7.62. The summed E-state index contributed by atoms with van der Waals surface area (Å²) in [7, 11) is 1.55. The van der Waals surface area contributed by atoms with Crippen LogP contribution in [0, 0.1) is 13.8 Å². The van der Waals surface area contributed by atoms with Crippen LogP contribution in [0.15, 0.2) is 66.4 Å². The van der Waals surface area contributed by atoms with Crippen LogP contribution in [0.1, 0.15) is 54.7 Å². The number of hydrogen-bond acceptors (Lipinski definition) is 8. The van der Waals surface area contributed by atoms with Crippen LogP contribution in [0.4, 0.5) is 5.13 Å². The maximum absolute atomic E-state index is 13.8. The van der Waals surface area contributed by atoms with Gasteiger partial charge in [0.25, 0.3) is 5.78 Å². The number of methoxy groups -OCH3 is 1. The van der Waals surface area contributed by atoms with Crippen LogP contribution in [0.5, 0.6) is 11.5 Å². The number of aryl methyl sites for hydroxylation is 2. The number of unbranched alkanes of at least 4 members (excludes halogenated alkanes) is 2. The lowest BCUT2D eigenvalue weighted by atomic mass is 9.96. The first kappa shape index (κ1) is 28.4. The third-order valence-corrected chi connectivity index (χ3v) is 8.64. The molecule has 1 aliphatic heterocycles. The molecule has 4 heterocycles. The molecule has 0 aliphatic carbocycles. The monoisotopic (exact) mass is 596 g/mol. The Labute approximate surface area is 253 Å². The molecular weight excluding hydrogens is 564 g/mol. The zero-order valence-electron chi connectivity index (χ0n) is 24.5. The first-order valence-electron chi connectivity index (χ1n) is 14.2. The molecule has 1 atom stereocenters. The number of nitrogens with zero attached hydrogens (tertiary/aromatic N) is 4. The standard InChI is InChI=1S/C33H32N4O5S/c1-5-6-9-16-42-23-14-12-21(18-24(23)41-4)29-27(30(38)28-20(3)34-26-10-7-8-15-36(26)28)31(39)32(40)37(29)33-35-22-13-11-19(2)17-25(22)43-33/h7-8,10-15,17-18,29,38H,5-6,9,16H2,1-4H3. The molecular formula is C33H32N4O5S. The van der Waals surface area contributed by atoms with Gasteiger partial charge in [-0.1, -0.05) is 49.3 Å². The number of ether oxygens (including phenoxy) is 2. The highest BCUT2D eigenvalue weighted by atomic mass is 32.1. The number of aliphatic hydroxyl groups is 1. The fourth-order valence-electron chi connectivity index (χ4n) is 5.50. The smallest absolute Gasteiger partial charge is 0.301 e. The van der Waals surface area contributed by atoms with Crippen molar-refractivity contribution in [3.63, 3.8) is 0 Å². The van der Waals surface area contributed by atoms with Gasteiger partial charge in [0, 0.05) is 6.20 Å². The van der Waals surface area contributed by atoms with Crippen LogP contribution < -0.4 is 14.4 Å². The molecule has 0 radical (unpaired) electrons. The number of amides is 1. The predicted molar refractivity (Wildman–Crippen MR) is 167 cm³/mol. The Bertz CT molecular complexity index is 1910. The molecule has 1 N–H and O–H groups in total. The molecule has 9 nitrogen and oxygen atoms in total. The Morgan fingerprint density at radius 2 is 1.86 bits per heavy atom. The Morgan fingerprint density at radius 1 is 1.02 bits per heavy atom. The lowest BCUT2D eigenvalue weighted by Gasteiger charge is -2.24. The molecule has 1 amide bonds. The minimum atomic E-state index is -0.974. The molecule has 1 saturated heterocycles. The summed E-state index contributed by atoms with van der Waals surface area (Å²) >= 11 is 1.32. The maximum atomic E-state index is 13.8. The molecule has 43 heavy (non-hydrogen) atoms. The van der Waals surface area contributed by atoms with Crippen molar-refractivity contribution in [3.8, 4) is 11.5 Å². The van der Waals surface area contributed by atoms with Gasteiger partial charge in [-0.05, 0) is 67.8 Å². The van der Waals surface area contributed by atoms with Gasteiger partial charge in [-0.3, -0.25) is 18.9 Å². The number of Topliss-reactive ketones (excluding diaryl/α,β-unsaturated/α-hetero) is 1. The van der Waals surface area contributed by atoms with E-state index in [1.807, 2.05) is 43.3 Å². The Morgan fingerprint density at radius 3 is 2.65 bits per heavy atom. The SMILES string of the molecule is CCCCCOc1ccc(C2C(=C(O)c3c(C)nc4ccccn34)C(=O)C(=O)N2c2nc3ccc(C)cc3s2)cc1OC. The van der Waals surface area contributed by atoms with Gasteiger partial charge < -0.3 is 14.6 Å². The average molecular weight is 597 g/mol. The van der Waals surface area contributed by atoms with Crippen molar-refractivity contribution in [2.45, 2.75) is 46.1 Å². The molecule has 6 rings (SSSR count). The highest BCUT2D eigenvalue weighted by Gasteiger charge is 2.49. The number of aromatic nitrogens is 3. The topological polar surface area (TPSA) is 106 Å². The van der Waals surface area contributed by atoms with E-state index >= 15 is 0 Å². The number of aliphatic hydroxyl groups excluding tert-OH is 1. The third kappa shape index (κ3) is 5.01. The van der Waals surface area contributed by atoms with E-state index in [-0.39, 0.29) is 11.3 Å². The van der Waals surface area contributed by atoms with Crippen LogP contribution in [0.25, 0.3) is 21.6 Å². The van der Waals surface area contributed by atoms with E-state index in [0.717, 1.165) is 35.0 Å². The van der Waals surface area contributed by atoms with E-state index in [9.17, 15) is 14.7 Å². The van der Waals surface area contributed by atoms with Crippen LogP contribution in [0.2, 0.25) is 0 Å². The summed E-state index contributed by atoms with van der Waals surface area (Å²) in [5.41, 5.74) is 3.79. The number of rotatable bonds is 9. The summed E-state index contributed by atoms with van der Waals surface area (Å²) in [6, 6.07) is 15.7. The van der Waals surface area contributed by atoms with E-state index in [2.05, 4.69) is 11.9 Å². The van der Waals surface area contributed by atoms with Crippen molar-refractivity contribution in [1.29, 1.82) is 0 Å². The zero-order chi connectivity index (χ0) is 30.2. The Hall–Kier alpha value is -4.70. The van der Waals surface area contributed by atoms with Crippen molar-refractivity contribution < 1.29 is 24.2 Å². The van der Waals surface area contributed by atoms with Gasteiger partial charge in [0.15, 0.2) is 22.4 Å². The van der Waals surface area contributed by atoms with Crippen molar-refractivity contribution in [3.05, 3.63) is 88.9 Å². The molecule has 0 spiro atoms. The molecule has 5 aromatic rings. The lowest BCUT2D eigenvalue weighted by molar-refractivity contribution is -0.132. The fraction of sp³-hybridized carbons (Fsp3) is 0.273. The summed E-state index contributed by atoms with van der Waals surface area (Å²) in [5.74, 6) is -0.856. The van der Waals surface area contributed by atoms with Gasteiger partial charge in [0.2, 0.25) is 0 Å². The molecule has 2 aromatic carbocycles. The Balaban J connectivity index is 1.54. The largest absolute Gasteiger partial charge is 0.505 e. The number of ketones is 1. The minimum absolute atomic E-state index is 0.0483. The molecule has 1 fully saturated rings. The Kier molecular flexibility index (Phi) is 7.62. The molecule has 1 unspecified atom stereocenters. The number of hydrogen-bond donors (Lipinski definition) is 1. The van der Waals surface area contributed by atoms with E-state index in [4.69, 9.17) is 14.5 Å². The second-order valence-corrected chi connectivity index (χ2v) is 11.6. The molecule has 10 heteroatoms. The average Bonchev–Trinajstić information content (AvgIpc) is 3.65. The summed E-state index contributed by atoms with van der Waals surface area (Å²) in [6.45, 7) is 6.42. The number of fused-ring (bicyclic) bond motifs is 2. The van der Waals surface area contributed by atoms with Gasteiger partial charge in [-0.2, -0.15) is 0 Å². The number of anilines is 1. The summed E-state index contributed by atoms with van der Waals surface area (Å²) in [5, 5.41) is 12.2. The normalized spacial score (nSPS) is 16.5. The van der Waals surface area contributed by atoms with Gasteiger partial charge in [-0.15, -0.1) is 0 Å². The molecule has 220 valence electrons. The quantitative estimate of drug-likeness (QED) is 0.0867. The maximum Gasteiger partial charge on any atom is 0.301 e. The minimum Gasteiger partial charge on any atom is -0.505 e. The number of pyridine rings is 1. The van der Waals surface area contributed by atoms with Gasteiger partial charge in [0.1, 0.15) is 11.3 Å². The molecule has 0 saturated carbocycles. The zero-order valence-corrected chi connectivity index (χ0v) is 25.3. The van der Waals surface area contributed by atoms with E-state index in [0.29, 0.717) is 45.8 Å². The van der Waals surface area contributed by atoms with Crippen LogP contribution >= 0.6 is 11.3 Å².